The third kappa shape index (κ3) is 10.8. The van der Waals surface area contributed by atoms with Crippen LogP contribution in [-0.4, -0.2) is 15.0 Å². The van der Waals surface area contributed by atoms with Crippen LogP contribution in [0.1, 0.15) is 11.1 Å². The van der Waals surface area contributed by atoms with Crippen molar-refractivity contribution < 1.29 is 20.1 Å². The standard InChI is InChI=1S/2C19H14N.C11H8N.Ir/c2*1-2-15-9-11-16(12-10-15)17-6-5-7-18(14-17)19-8-3-4-13-20-19;1-2-6-10(7-3-1)11-8-4-5-9-12-11;/h2*2-6,8-14H,1H2;1-6,8-9H;/q3*-1;+3. The molecule has 5 aromatic carbocycles. The Morgan fingerprint density at radius 3 is 1.13 bits per heavy atom. The van der Waals surface area contributed by atoms with E-state index in [2.05, 4.69) is 119 Å². The average Bonchev–Trinajstić information content (AvgIpc) is 3.25. The average molecular weight is 859 g/mol. The second-order valence-electron chi connectivity index (χ2n) is 11.6. The fraction of sp³-hybridized carbons (Fsp3) is 0. The topological polar surface area (TPSA) is 38.7 Å². The zero-order valence-corrected chi connectivity index (χ0v) is 31.5. The monoisotopic (exact) mass is 859 g/mol. The minimum Gasteiger partial charge on any atom is -0.305 e. The molecule has 0 saturated heterocycles. The molecule has 0 amide bonds. The van der Waals surface area contributed by atoms with Gasteiger partial charge in [0, 0.05) is 18.6 Å². The van der Waals surface area contributed by atoms with Crippen molar-refractivity contribution >= 4 is 12.2 Å². The van der Waals surface area contributed by atoms with Crippen LogP contribution in [0.25, 0.3) is 68.2 Å². The third-order valence-corrected chi connectivity index (χ3v) is 8.09. The molecule has 0 unspecified atom stereocenters. The summed E-state index contributed by atoms with van der Waals surface area (Å²) in [5.41, 5.74) is 12.9. The fourth-order valence-electron chi connectivity index (χ4n) is 5.33. The quantitative estimate of drug-likeness (QED) is 0.150. The molecule has 0 fully saturated rings. The summed E-state index contributed by atoms with van der Waals surface area (Å²) in [4.78, 5) is 13.0. The van der Waals surface area contributed by atoms with Gasteiger partial charge in [0.05, 0.1) is 0 Å². The van der Waals surface area contributed by atoms with Gasteiger partial charge < -0.3 is 15.0 Å². The van der Waals surface area contributed by atoms with Gasteiger partial charge in [-0.1, -0.05) is 110 Å². The number of benzene rings is 5. The van der Waals surface area contributed by atoms with E-state index in [1.165, 1.54) is 22.3 Å². The van der Waals surface area contributed by atoms with Gasteiger partial charge in [0.15, 0.2) is 0 Å². The van der Waals surface area contributed by atoms with Crippen molar-refractivity contribution in [1.29, 1.82) is 0 Å². The summed E-state index contributed by atoms with van der Waals surface area (Å²) < 4.78 is 0. The molecule has 3 nitrogen and oxygen atoms in total. The Kier molecular flexibility index (Phi) is 14.2. The molecule has 8 rings (SSSR count). The number of pyridine rings is 3. The second kappa shape index (κ2) is 19.9. The first kappa shape index (κ1) is 37.9. The zero-order valence-electron chi connectivity index (χ0n) is 29.1. The van der Waals surface area contributed by atoms with E-state index in [1.807, 2.05) is 103 Å². The maximum absolute atomic E-state index is 4.37. The maximum Gasteiger partial charge on any atom is 3.00 e. The van der Waals surface area contributed by atoms with E-state index in [1.54, 1.807) is 18.6 Å². The Balaban J connectivity index is 0.000000157. The largest absolute Gasteiger partial charge is 3.00 e. The van der Waals surface area contributed by atoms with Crippen molar-refractivity contribution in [2.45, 2.75) is 0 Å². The Hall–Kier alpha value is -6.32. The SMILES string of the molecule is C=Cc1ccc(-c2cc[c-]c(-c3ccccn3)c2)cc1.C=Cc1ccc(-c2cc[c-]c(-c3ccccn3)c2)cc1.[Ir+3].[c-]1ccccc1-c1ccccn1. The molecule has 8 aromatic rings. The van der Waals surface area contributed by atoms with E-state index < -0.39 is 0 Å². The first-order chi connectivity index (χ1) is 25.7. The first-order valence-corrected chi connectivity index (χ1v) is 16.9. The minimum absolute atomic E-state index is 0. The van der Waals surface area contributed by atoms with Gasteiger partial charge in [0.2, 0.25) is 0 Å². The number of nitrogens with zero attached hydrogens (tertiary/aromatic N) is 3. The van der Waals surface area contributed by atoms with Crippen molar-refractivity contribution in [2.75, 3.05) is 0 Å². The van der Waals surface area contributed by atoms with Crippen molar-refractivity contribution in [3.05, 3.63) is 225 Å². The zero-order chi connectivity index (χ0) is 35.8. The Morgan fingerprint density at radius 2 is 0.774 bits per heavy atom. The van der Waals surface area contributed by atoms with Gasteiger partial charge in [-0.2, -0.15) is 0 Å². The van der Waals surface area contributed by atoms with Crippen molar-refractivity contribution in [2.24, 2.45) is 0 Å². The van der Waals surface area contributed by atoms with Crippen LogP contribution in [0.2, 0.25) is 0 Å². The minimum atomic E-state index is 0. The van der Waals surface area contributed by atoms with E-state index >= 15 is 0 Å². The van der Waals surface area contributed by atoms with Gasteiger partial charge in [-0.25, -0.2) is 0 Å². The van der Waals surface area contributed by atoms with Crippen LogP contribution in [-0.2, 0) is 20.1 Å². The molecule has 0 bridgehead atoms. The summed E-state index contributed by atoms with van der Waals surface area (Å²) in [7, 11) is 0. The molecule has 0 saturated carbocycles. The van der Waals surface area contributed by atoms with E-state index in [9.17, 15) is 0 Å². The first-order valence-electron chi connectivity index (χ1n) is 16.9. The molecule has 3 heterocycles. The van der Waals surface area contributed by atoms with Crippen LogP contribution in [0, 0.1) is 18.2 Å². The van der Waals surface area contributed by atoms with Crippen molar-refractivity contribution in [3.8, 4) is 56.0 Å². The van der Waals surface area contributed by atoms with Gasteiger partial charge in [-0.05, 0) is 57.5 Å². The molecule has 0 aliphatic heterocycles. The molecule has 0 N–H and O–H groups in total. The van der Waals surface area contributed by atoms with E-state index in [4.69, 9.17) is 0 Å². The summed E-state index contributed by atoms with van der Waals surface area (Å²) in [5, 5.41) is 0. The van der Waals surface area contributed by atoms with E-state index in [0.29, 0.717) is 0 Å². The summed E-state index contributed by atoms with van der Waals surface area (Å²) in [6, 6.07) is 64.1. The Morgan fingerprint density at radius 1 is 0.377 bits per heavy atom. The van der Waals surface area contributed by atoms with E-state index in [0.717, 1.165) is 44.9 Å². The number of hydrogen-bond acceptors (Lipinski definition) is 3. The van der Waals surface area contributed by atoms with Gasteiger partial charge in [-0.15, -0.1) is 107 Å². The second-order valence-corrected chi connectivity index (χ2v) is 11.6. The normalized spacial score (nSPS) is 9.89. The molecule has 0 atom stereocenters. The van der Waals surface area contributed by atoms with Crippen LogP contribution in [0.3, 0.4) is 0 Å². The molecule has 53 heavy (non-hydrogen) atoms. The third-order valence-electron chi connectivity index (χ3n) is 8.09. The summed E-state index contributed by atoms with van der Waals surface area (Å²) in [6.07, 6.45) is 9.09. The molecule has 0 radical (unpaired) electrons. The summed E-state index contributed by atoms with van der Waals surface area (Å²) in [5.74, 6) is 0. The van der Waals surface area contributed by atoms with Crippen LogP contribution in [0.4, 0.5) is 0 Å². The van der Waals surface area contributed by atoms with Crippen LogP contribution >= 0.6 is 0 Å². The van der Waals surface area contributed by atoms with Crippen molar-refractivity contribution in [3.63, 3.8) is 0 Å². The van der Waals surface area contributed by atoms with Gasteiger partial charge in [0.25, 0.3) is 0 Å². The Labute approximate surface area is 326 Å². The number of rotatable bonds is 7. The Bertz CT molecular complexity index is 2120. The predicted molar refractivity (Wildman–Crippen MR) is 217 cm³/mol. The number of hydrogen-bond donors (Lipinski definition) is 0. The summed E-state index contributed by atoms with van der Waals surface area (Å²) >= 11 is 0. The van der Waals surface area contributed by atoms with Crippen LogP contribution < -0.4 is 0 Å². The van der Waals surface area contributed by atoms with Gasteiger partial charge in [0.1, 0.15) is 0 Å². The van der Waals surface area contributed by atoms with Crippen molar-refractivity contribution in [1.82, 2.24) is 15.0 Å². The molecule has 4 heteroatoms. The molecule has 0 aliphatic carbocycles. The molecular formula is C49H36IrN3. The molecular weight excluding hydrogens is 823 g/mol. The molecule has 0 spiro atoms. The van der Waals surface area contributed by atoms with Crippen LogP contribution in [0.15, 0.2) is 196 Å². The number of aromatic nitrogens is 3. The maximum atomic E-state index is 4.37. The fourth-order valence-corrected chi connectivity index (χ4v) is 5.33. The molecule has 3 aromatic heterocycles. The van der Waals surface area contributed by atoms with Gasteiger partial charge >= 0.3 is 20.1 Å². The van der Waals surface area contributed by atoms with Crippen LogP contribution in [0.5, 0.6) is 0 Å². The van der Waals surface area contributed by atoms with Gasteiger partial charge in [-0.3, -0.25) is 0 Å². The molecule has 256 valence electrons. The molecule has 0 aliphatic rings. The smallest absolute Gasteiger partial charge is 0.305 e. The van der Waals surface area contributed by atoms with E-state index in [-0.39, 0.29) is 20.1 Å². The predicted octanol–water partition coefficient (Wildman–Crippen LogP) is 12.3. The summed E-state index contributed by atoms with van der Waals surface area (Å²) in [6.45, 7) is 7.55.